The summed E-state index contributed by atoms with van der Waals surface area (Å²) in [5, 5.41) is 1.35. The number of rotatable bonds is 14. The summed E-state index contributed by atoms with van der Waals surface area (Å²) < 4.78 is 22.2. The largest absolute Gasteiger partial charge is 0.513 e. The Hall–Kier alpha value is -2.76. The average Bonchev–Trinajstić information content (AvgIpc) is 2.86. The van der Waals surface area contributed by atoms with Crippen molar-refractivity contribution >= 4 is 23.1 Å². The Bertz CT molecular complexity index is 983. The molecule has 200 valence electrons. The third kappa shape index (κ3) is 9.03. The molecule has 0 heterocycles. The predicted octanol–water partition coefficient (Wildman–Crippen LogP) is 8.92. The highest BCUT2D eigenvalue weighted by atomic mass is 16.7. The number of hydrogen-bond acceptors (Lipinski definition) is 6. The van der Waals surface area contributed by atoms with Crippen LogP contribution in [0.4, 0.5) is 9.59 Å². The van der Waals surface area contributed by atoms with E-state index in [1.807, 2.05) is 32.0 Å². The molecule has 2 atom stereocenters. The first-order valence-corrected chi connectivity index (χ1v) is 13.6. The van der Waals surface area contributed by atoms with E-state index in [9.17, 15) is 9.59 Å². The zero-order chi connectivity index (χ0) is 26.5. The lowest BCUT2D eigenvalue weighted by Crippen LogP contribution is -2.18. The van der Waals surface area contributed by atoms with Crippen LogP contribution in [0.1, 0.15) is 90.2 Å². The highest BCUT2D eigenvalue weighted by Gasteiger charge is 2.20. The van der Waals surface area contributed by atoms with Crippen LogP contribution < -0.4 is 9.47 Å². The molecule has 36 heavy (non-hydrogen) atoms. The van der Waals surface area contributed by atoms with Crippen molar-refractivity contribution in [2.45, 2.75) is 92.9 Å². The molecule has 2 unspecified atom stereocenters. The smallest absolute Gasteiger partial charge is 0.434 e. The van der Waals surface area contributed by atoms with E-state index in [0.717, 1.165) is 56.9 Å². The molecule has 0 radical (unpaired) electrons. The first kappa shape index (κ1) is 29.5. The monoisotopic (exact) mass is 500 g/mol. The molecular formula is C30H44O6. The van der Waals surface area contributed by atoms with Crippen LogP contribution in [0.5, 0.6) is 11.5 Å². The maximum absolute atomic E-state index is 12.6. The standard InChI is InChI=1S/C30H44O6/c1-7-11-13-23(9-3)19-33-29(31)35-27-18-22(6)28(26-17-21(5)15-16-25(26)27)36-30(32)34-20-24(10-4)14-12-8-2/h15-18,23-24H,7-14,19-20H2,1-6H3. The first-order valence-electron chi connectivity index (χ1n) is 13.6. The van der Waals surface area contributed by atoms with Crippen molar-refractivity contribution in [3.05, 3.63) is 35.4 Å². The summed E-state index contributed by atoms with van der Waals surface area (Å²) in [5.74, 6) is 1.44. The minimum Gasteiger partial charge on any atom is -0.434 e. The van der Waals surface area contributed by atoms with Gasteiger partial charge in [-0.05, 0) is 56.2 Å². The van der Waals surface area contributed by atoms with Crippen molar-refractivity contribution in [2.24, 2.45) is 11.8 Å². The van der Waals surface area contributed by atoms with Crippen LogP contribution in [-0.2, 0) is 9.47 Å². The highest BCUT2D eigenvalue weighted by Crippen LogP contribution is 2.37. The number of aryl methyl sites for hydroxylation is 2. The van der Waals surface area contributed by atoms with E-state index in [2.05, 4.69) is 27.7 Å². The Morgan fingerprint density at radius 2 is 1.31 bits per heavy atom. The molecule has 0 aliphatic heterocycles. The lowest BCUT2D eigenvalue weighted by molar-refractivity contribution is 0.0797. The third-order valence-corrected chi connectivity index (χ3v) is 6.73. The molecule has 0 amide bonds. The second-order valence-corrected chi connectivity index (χ2v) is 9.73. The Morgan fingerprint density at radius 3 is 1.83 bits per heavy atom. The number of ether oxygens (including phenoxy) is 4. The Balaban J connectivity index is 2.15. The fourth-order valence-electron chi connectivity index (χ4n) is 4.23. The molecule has 0 spiro atoms. The maximum atomic E-state index is 12.6. The lowest BCUT2D eigenvalue weighted by atomic mass is 10.0. The topological polar surface area (TPSA) is 71.1 Å². The summed E-state index contributed by atoms with van der Waals surface area (Å²) in [4.78, 5) is 25.0. The van der Waals surface area contributed by atoms with Gasteiger partial charge in [0.15, 0.2) is 0 Å². The molecule has 6 heteroatoms. The minimum absolute atomic E-state index is 0.327. The van der Waals surface area contributed by atoms with Crippen LogP contribution in [0.25, 0.3) is 10.8 Å². The maximum Gasteiger partial charge on any atom is 0.513 e. The molecular weight excluding hydrogens is 456 g/mol. The average molecular weight is 501 g/mol. The highest BCUT2D eigenvalue weighted by molar-refractivity contribution is 5.97. The molecule has 0 aliphatic rings. The number of fused-ring (bicyclic) bond motifs is 1. The molecule has 2 aromatic carbocycles. The molecule has 0 saturated carbocycles. The van der Waals surface area contributed by atoms with Gasteiger partial charge in [-0.15, -0.1) is 0 Å². The van der Waals surface area contributed by atoms with Gasteiger partial charge in [0.05, 0.1) is 13.2 Å². The van der Waals surface area contributed by atoms with Crippen molar-refractivity contribution < 1.29 is 28.5 Å². The number of unbranched alkanes of at least 4 members (excludes halogenated alkanes) is 2. The summed E-state index contributed by atoms with van der Waals surface area (Å²) >= 11 is 0. The summed E-state index contributed by atoms with van der Waals surface area (Å²) in [6, 6.07) is 7.40. The Labute approximate surface area is 216 Å². The predicted molar refractivity (Wildman–Crippen MR) is 144 cm³/mol. The third-order valence-electron chi connectivity index (χ3n) is 6.73. The van der Waals surface area contributed by atoms with E-state index in [1.54, 1.807) is 6.07 Å². The first-order chi connectivity index (χ1) is 17.3. The van der Waals surface area contributed by atoms with Gasteiger partial charge >= 0.3 is 12.3 Å². The van der Waals surface area contributed by atoms with E-state index in [4.69, 9.17) is 18.9 Å². The van der Waals surface area contributed by atoms with Gasteiger partial charge in [0.1, 0.15) is 11.5 Å². The number of carbonyl (C=O) groups is 2. The quantitative estimate of drug-likeness (QED) is 0.190. The van der Waals surface area contributed by atoms with Gasteiger partial charge in [-0.1, -0.05) is 83.9 Å². The van der Waals surface area contributed by atoms with Crippen molar-refractivity contribution in [3.8, 4) is 11.5 Å². The molecule has 0 N–H and O–H groups in total. The lowest BCUT2D eigenvalue weighted by Gasteiger charge is -2.17. The van der Waals surface area contributed by atoms with Crippen LogP contribution in [0.15, 0.2) is 24.3 Å². The van der Waals surface area contributed by atoms with Gasteiger partial charge < -0.3 is 18.9 Å². The molecule has 0 aliphatic carbocycles. The number of carbonyl (C=O) groups excluding carboxylic acids is 2. The van der Waals surface area contributed by atoms with Crippen LogP contribution >= 0.6 is 0 Å². The van der Waals surface area contributed by atoms with Gasteiger partial charge in [-0.3, -0.25) is 0 Å². The van der Waals surface area contributed by atoms with Crippen molar-refractivity contribution in [1.82, 2.24) is 0 Å². The fourth-order valence-corrected chi connectivity index (χ4v) is 4.23. The second-order valence-electron chi connectivity index (χ2n) is 9.73. The second kappa shape index (κ2) is 15.4. The summed E-state index contributed by atoms with van der Waals surface area (Å²) in [7, 11) is 0. The zero-order valence-corrected chi connectivity index (χ0v) is 23.0. The molecule has 0 fully saturated rings. The van der Waals surface area contributed by atoms with E-state index in [-0.39, 0.29) is 0 Å². The molecule has 2 aromatic rings. The zero-order valence-electron chi connectivity index (χ0n) is 23.0. The van der Waals surface area contributed by atoms with Gasteiger partial charge in [-0.25, -0.2) is 9.59 Å². The van der Waals surface area contributed by atoms with Gasteiger partial charge in [0.25, 0.3) is 0 Å². The molecule has 2 rings (SSSR count). The Morgan fingerprint density at radius 1 is 0.750 bits per heavy atom. The van der Waals surface area contributed by atoms with Gasteiger partial charge in [-0.2, -0.15) is 0 Å². The Kier molecular flexibility index (Phi) is 12.6. The fraction of sp³-hybridized carbons (Fsp3) is 0.600. The van der Waals surface area contributed by atoms with Crippen LogP contribution in [-0.4, -0.2) is 25.5 Å². The minimum atomic E-state index is -0.725. The van der Waals surface area contributed by atoms with Crippen molar-refractivity contribution in [2.75, 3.05) is 13.2 Å². The molecule has 0 aromatic heterocycles. The number of benzene rings is 2. The van der Waals surface area contributed by atoms with E-state index in [0.29, 0.717) is 52.9 Å². The van der Waals surface area contributed by atoms with E-state index < -0.39 is 12.3 Å². The van der Waals surface area contributed by atoms with Crippen molar-refractivity contribution in [3.63, 3.8) is 0 Å². The number of hydrogen-bond donors (Lipinski definition) is 0. The van der Waals surface area contributed by atoms with Crippen molar-refractivity contribution in [1.29, 1.82) is 0 Å². The summed E-state index contributed by atoms with van der Waals surface area (Å²) in [6.45, 7) is 13.0. The SMILES string of the molecule is CCCCC(CC)COC(=O)Oc1cc(C)c(OC(=O)OCC(CC)CCCC)c2cc(C)ccc12. The van der Waals surface area contributed by atoms with E-state index >= 15 is 0 Å². The summed E-state index contributed by atoms with van der Waals surface area (Å²) in [6.07, 6.45) is 6.98. The summed E-state index contributed by atoms with van der Waals surface area (Å²) in [5.41, 5.74) is 1.66. The molecule has 0 bridgehead atoms. The van der Waals surface area contributed by atoms with E-state index in [1.165, 1.54) is 0 Å². The van der Waals surface area contributed by atoms with Crippen LogP contribution in [0, 0.1) is 25.7 Å². The normalized spacial score (nSPS) is 12.7. The van der Waals surface area contributed by atoms with Crippen LogP contribution in [0.2, 0.25) is 0 Å². The molecule has 6 nitrogen and oxygen atoms in total. The van der Waals surface area contributed by atoms with Gasteiger partial charge in [0, 0.05) is 10.8 Å². The van der Waals surface area contributed by atoms with Crippen LogP contribution in [0.3, 0.4) is 0 Å². The van der Waals surface area contributed by atoms with Gasteiger partial charge in [0.2, 0.25) is 0 Å². The molecule has 0 saturated heterocycles.